The second-order valence-corrected chi connectivity index (χ2v) is 9.80. The van der Waals surface area contributed by atoms with E-state index in [4.69, 9.17) is 4.74 Å². The second-order valence-electron chi connectivity index (χ2n) is 7.48. The van der Waals surface area contributed by atoms with Crippen LogP contribution in [0.5, 0.6) is 0 Å². The number of nitrogens with one attached hydrogen (secondary N) is 2. The van der Waals surface area contributed by atoms with Crippen molar-refractivity contribution >= 4 is 40.7 Å². The molecule has 0 spiro atoms. The van der Waals surface area contributed by atoms with Crippen LogP contribution in [0.4, 0.5) is 0 Å². The minimum absolute atomic E-state index is 0. The van der Waals surface area contributed by atoms with Gasteiger partial charge in [0.1, 0.15) is 0 Å². The van der Waals surface area contributed by atoms with Crippen molar-refractivity contribution in [1.82, 2.24) is 10.6 Å². The molecule has 150 valence electrons. The summed E-state index contributed by atoms with van der Waals surface area (Å²) in [7, 11) is 0.938. The van der Waals surface area contributed by atoms with E-state index in [1.165, 1.54) is 0 Å². The summed E-state index contributed by atoms with van der Waals surface area (Å²) in [5, 5.41) is 6.87. The van der Waals surface area contributed by atoms with Gasteiger partial charge in [-0.1, -0.05) is 13.8 Å². The smallest absolute Gasteiger partial charge is 0.191 e. The lowest BCUT2D eigenvalue weighted by Crippen LogP contribution is -2.65. The highest BCUT2D eigenvalue weighted by molar-refractivity contribution is 14.0. The fraction of sp³-hybridized carbons (Fsp3) is 0.944. The average molecular weight is 487 g/mol. The van der Waals surface area contributed by atoms with Gasteiger partial charge < -0.3 is 15.4 Å². The summed E-state index contributed by atoms with van der Waals surface area (Å²) < 4.78 is 17.9. The fourth-order valence-electron chi connectivity index (χ4n) is 3.51. The average Bonchev–Trinajstić information content (AvgIpc) is 2.52. The SMILES string of the molecule is CCOC1CC(NC(=NC)NCCS(=O)C(C)(C)C)C1(CC)CC.I. The molecule has 0 aromatic rings. The van der Waals surface area contributed by atoms with Crippen LogP contribution in [-0.2, 0) is 15.5 Å². The number of aliphatic imine (C=N–C) groups is 1. The summed E-state index contributed by atoms with van der Waals surface area (Å²) in [5.74, 6) is 1.43. The van der Waals surface area contributed by atoms with Crippen molar-refractivity contribution < 1.29 is 8.95 Å². The standard InChI is InChI=1S/C18H37N3O2S.HI/c1-8-18(9-2)14(13-15(18)23-10-3)21-16(19-7)20-11-12-24(22)17(4,5)6;/h14-15H,8-13H2,1-7H3,(H2,19,20,21);1H. The van der Waals surface area contributed by atoms with E-state index in [2.05, 4.69) is 36.4 Å². The molecule has 0 heterocycles. The van der Waals surface area contributed by atoms with Gasteiger partial charge >= 0.3 is 0 Å². The number of hydrogen-bond acceptors (Lipinski definition) is 3. The van der Waals surface area contributed by atoms with E-state index in [1.54, 1.807) is 7.05 Å². The normalized spacial score (nSPS) is 24.0. The zero-order valence-electron chi connectivity index (χ0n) is 17.0. The number of hydrogen-bond donors (Lipinski definition) is 2. The predicted molar refractivity (Wildman–Crippen MR) is 120 cm³/mol. The van der Waals surface area contributed by atoms with E-state index in [1.807, 2.05) is 20.8 Å². The van der Waals surface area contributed by atoms with Gasteiger partial charge in [0.2, 0.25) is 0 Å². The van der Waals surface area contributed by atoms with Crippen LogP contribution in [0.3, 0.4) is 0 Å². The third-order valence-electron chi connectivity index (χ3n) is 5.27. The second kappa shape index (κ2) is 11.1. The predicted octanol–water partition coefficient (Wildman–Crippen LogP) is 3.30. The first-order chi connectivity index (χ1) is 11.2. The first-order valence-corrected chi connectivity index (χ1v) is 10.5. The summed E-state index contributed by atoms with van der Waals surface area (Å²) in [5.41, 5.74) is 0.182. The molecule has 0 amide bonds. The molecule has 3 unspecified atom stereocenters. The Kier molecular flexibility index (Phi) is 11.1. The van der Waals surface area contributed by atoms with Crippen molar-refractivity contribution in [3.8, 4) is 0 Å². The molecular weight excluding hydrogens is 449 g/mol. The van der Waals surface area contributed by atoms with Crippen LogP contribution in [0.25, 0.3) is 0 Å². The van der Waals surface area contributed by atoms with Crippen molar-refractivity contribution in [2.24, 2.45) is 10.4 Å². The highest BCUT2D eigenvalue weighted by Gasteiger charge is 2.53. The van der Waals surface area contributed by atoms with Crippen molar-refractivity contribution in [3.05, 3.63) is 0 Å². The van der Waals surface area contributed by atoms with Crippen LogP contribution in [0.1, 0.15) is 60.8 Å². The van der Waals surface area contributed by atoms with Crippen LogP contribution in [0, 0.1) is 5.41 Å². The van der Waals surface area contributed by atoms with Gasteiger partial charge in [-0.15, -0.1) is 24.0 Å². The highest BCUT2D eigenvalue weighted by Crippen LogP contribution is 2.48. The van der Waals surface area contributed by atoms with Gasteiger partial charge in [0.25, 0.3) is 0 Å². The van der Waals surface area contributed by atoms with E-state index < -0.39 is 10.8 Å². The van der Waals surface area contributed by atoms with Gasteiger partial charge in [0.05, 0.1) is 6.10 Å². The van der Waals surface area contributed by atoms with E-state index in [0.29, 0.717) is 24.4 Å². The Balaban J connectivity index is 0.00000576. The molecule has 2 N–H and O–H groups in total. The van der Waals surface area contributed by atoms with Crippen LogP contribution >= 0.6 is 24.0 Å². The Bertz CT molecular complexity index is 448. The third-order valence-corrected chi connectivity index (χ3v) is 7.21. The zero-order valence-corrected chi connectivity index (χ0v) is 20.1. The van der Waals surface area contributed by atoms with Gasteiger partial charge in [0.15, 0.2) is 5.96 Å². The number of ether oxygens (including phenoxy) is 1. The molecule has 0 aliphatic heterocycles. The lowest BCUT2D eigenvalue weighted by atomic mass is 9.58. The molecule has 1 saturated carbocycles. The Morgan fingerprint density at radius 3 is 2.32 bits per heavy atom. The maximum Gasteiger partial charge on any atom is 0.191 e. The minimum atomic E-state index is -0.848. The Morgan fingerprint density at radius 2 is 1.88 bits per heavy atom. The summed E-state index contributed by atoms with van der Waals surface area (Å²) >= 11 is 0. The maximum atomic E-state index is 12.1. The zero-order chi connectivity index (χ0) is 18.4. The number of nitrogens with zero attached hydrogens (tertiary/aromatic N) is 1. The quantitative estimate of drug-likeness (QED) is 0.313. The molecule has 1 rings (SSSR count). The molecule has 1 aliphatic carbocycles. The van der Waals surface area contributed by atoms with E-state index >= 15 is 0 Å². The number of guanidine groups is 1. The fourth-order valence-corrected chi connectivity index (χ4v) is 4.41. The molecule has 1 fully saturated rings. The number of rotatable bonds is 8. The van der Waals surface area contributed by atoms with E-state index in [0.717, 1.165) is 31.8 Å². The Labute approximate surface area is 174 Å². The summed E-state index contributed by atoms with van der Waals surface area (Å²) in [4.78, 5) is 4.33. The summed E-state index contributed by atoms with van der Waals surface area (Å²) in [6, 6.07) is 0.378. The lowest BCUT2D eigenvalue weighted by molar-refractivity contribution is -0.133. The van der Waals surface area contributed by atoms with Crippen LogP contribution < -0.4 is 10.6 Å². The van der Waals surface area contributed by atoms with E-state index in [-0.39, 0.29) is 34.1 Å². The largest absolute Gasteiger partial charge is 0.378 e. The van der Waals surface area contributed by atoms with E-state index in [9.17, 15) is 4.21 Å². The molecule has 0 bridgehead atoms. The molecule has 25 heavy (non-hydrogen) atoms. The number of halogens is 1. The molecule has 0 radical (unpaired) electrons. The van der Waals surface area contributed by atoms with Crippen molar-refractivity contribution in [2.45, 2.75) is 77.7 Å². The van der Waals surface area contributed by atoms with Gasteiger partial charge in [-0.05, 0) is 47.0 Å². The molecule has 0 saturated heterocycles. The highest BCUT2D eigenvalue weighted by atomic mass is 127. The molecule has 0 aromatic heterocycles. The van der Waals surface area contributed by atoms with Crippen LogP contribution in [0.15, 0.2) is 4.99 Å². The molecule has 3 atom stereocenters. The molecule has 1 aliphatic rings. The summed E-state index contributed by atoms with van der Waals surface area (Å²) in [6.45, 7) is 14.0. The van der Waals surface area contributed by atoms with Crippen LogP contribution in [0.2, 0.25) is 0 Å². The monoisotopic (exact) mass is 487 g/mol. The Hall–Kier alpha value is 0.110. The minimum Gasteiger partial charge on any atom is -0.378 e. The van der Waals surface area contributed by atoms with Gasteiger partial charge in [-0.2, -0.15) is 0 Å². The lowest BCUT2D eigenvalue weighted by Gasteiger charge is -2.55. The Morgan fingerprint density at radius 1 is 1.28 bits per heavy atom. The molecule has 0 aromatic carbocycles. The summed E-state index contributed by atoms with van der Waals surface area (Å²) in [6.07, 6.45) is 3.54. The van der Waals surface area contributed by atoms with Gasteiger partial charge in [-0.25, -0.2) is 0 Å². The molecular formula is C18H38IN3O2S. The maximum absolute atomic E-state index is 12.1. The first-order valence-electron chi connectivity index (χ1n) is 9.22. The first kappa shape index (κ1) is 25.1. The van der Waals surface area contributed by atoms with Gasteiger partial charge in [-0.3, -0.25) is 9.20 Å². The van der Waals surface area contributed by atoms with Crippen molar-refractivity contribution in [1.29, 1.82) is 0 Å². The van der Waals surface area contributed by atoms with Gasteiger partial charge in [0, 0.05) is 53.0 Å². The molecule has 7 heteroatoms. The molecule has 5 nitrogen and oxygen atoms in total. The van der Waals surface area contributed by atoms with Crippen LogP contribution in [-0.4, -0.2) is 53.0 Å². The third kappa shape index (κ3) is 6.34. The topological polar surface area (TPSA) is 62.7 Å². The van der Waals surface area contributed by atoms with Crippen molar-refractivity contribution in [2.75, 3.05) is 26.0 Å². The van der Waals surface area contributed by atoms with Crippen molar-refractivity contribution in [3.63, 3.8) is 0 Å².